The second-order valence-electron chi connectivity index (χ2n) is 8.34. The van der Waals surface area contributed by atoms with E-state index in [0.717, 1.165) is 43.2 Å². The van der Waals surface area contributed by atoms with Crippen LogP contribution in [0.25, 0.3) is 11.1 Å². The summed E-state index contributed by atoms with van der Waals surface area (Å²) in [7, 11) is 0. The van der Waals surface area contributed by atoms with Crippen LogP contribution < -0.4 is 4.74 Å². The lowest BCUT2D eigenvalue weighted by Crippen LogP contribution is -2.60. The first-order valence-corrected chi connectivity index (χ1v) is 10.7. The monoisotopic (exact) mass is 399 g/mol. The summed E-state index contributed by atoms with van der Waals surface area (Å²) in [6, 6.07) is 14.0. The predicted molar refractivity (Wildman–Crippen MR) is 113 cm³/mol. The fourth-order valence-corrected chi connectivity index (χ4v) is 5.33. The molecule has 0 bridgehead atoms. The van der Waals surface area contributed by atoms with Gasteiger partial charge in [-0.2, -0.15) is 10.5 Å². The fraction of sp³-hybridized carbons (Fsp3) is 0.440. The van der Waals surface area contributed by atoms with Crippen LogP contribution in [0.2, 0.25) is 0 Å². The number of rotatable bonds is 5. The van der Waals surface area contributed by atoms with Crippen molar-refractivity contribution in [1.82, 2.24) is 4.98 Å². The van der Waals surface area contributed by atoms with Gasteiger partial charge >= 0.3 is 0 Å². The van der Waals surface area contributed by atoms with Crippen molar-refractivity contribution in [3.8, 4) is 29.0 Å². The lowest BCUT2D eigenvalue weighted by Gasteiger charge is -2.54. The van der Waals surface area contributed by atoms with Crippen molar-refractivity contribution in [2.75, 3.05) is 0 Å². The van der Waals surface area contributed by atoms with E-state index in [-0.39, 0.29) is 18.6 Å². The first-order valence-electron chi connectivity index (χ1n) is 10.7. The summed E-state index contributed by atoms with van der Waals surface area (Å²) < 4.78 is 6.74. The van der Waals surface area contributed by atoms with Crippen LogP contribution in [-0.4, -0.2) is 16.4 Å². The summed E-state index contributed by atoms with van der Waals surface area (Å²) >= 11 is 0. The maximum absolute atomic E-state index is 14.0. The SMILES string of the molecule is N#CCCC1(CCC#N)C(=O)c2ccc(-c3cccnc3)cc2OC12CCCCC2. The molecule has 30 heavy (non-hydrogen) atoms. The highest BCUT2D eigenvalue weighted by Gasteiger charge is 2.60. The molecular weight excluding hydrogens is 374 g/mol. The quantitative estimate of drug-likeness (QED) is 0.651. The van der Waals surface area contributed by atoms with Crippen LogP contribution in [0, 0.1) is 28.1 Å². The molecule has 152 valence electrons. The molecule has 1 aliphatic heterocycles. The zero-order valence-corrected chi connectivity index (χ0v) is 17.1. The number of carbonyl (C=O) groups is 1. The average Bonchev–Trinajstić information content (AvgIpc) is 2.79. The van der Waals surface area contributed by atoms with Gasteiger partial charge in [-0.05, 0) is 62.3 Å². The van der Waals surface area contributed by atoms with E-state index >= 15 is 0 Å². The molecule has 4 rings (SSSR count). The predicted octanol–water partition coefficient (Wildman–Crippen LogP) is 5.62. The molecule has 1 spiro atoms. The van der Waals surface area contributed by atoms with E-state index in [4.69, 9.17) is 4.74 Å². The zero-order chi connectivity index (χ0) is 21.0. The van der Waals surface area contributed by atoms with Crippen LogP contribution in [-0.2, 0) is 0 Å². The average molecular weight is 399 g/mol. The van der Waals surface area contributed by atoms with Gasteiger partial charge in [-0.1, -0.05) is 18.6 Å². The van der Waals surface area contributed by atoms with Gasteiger partial charge in [0.2, 0.25) is 0 Å². The van der Waals surface area contributed by atoms with E-state index in [1.807, 2.05) is 30.3 Å². The molecule has 2 aromatic rings. The van der Waals surface area contributed by atoms with Crippen LogP contribution in [0.5, 0.6) is 5.75 Å². The van der Waals surface area contributed by atoms with Crippen LogP contribution in [0.4, 0.5) is 0 Å². The minimum absolute atomic E-state index is 0.0360. The molecular formula is C25H25N3O2. The van der Waals surface area contributed by atoms with E-state index in [0.29, 0.717) is 24.2 Å². The molecule has 1 aromatic heterocycles. The maximum atomic E-state index is 14.0. The number of Topliss-reactive ketones (excluding diaryl/α,β-unsaturated/α-hetero) is 1. The Kier molecular flexibility index (Phi) is 5.55. The topological polar surface area (TPSA) is 86.8 Å². The third-order valence-corrected chi connectivity index (χ3v) is 6.82. The summed E-state index contributed by atoms with van der Waals surface area (Å²) in [5, 5.41) is 18.6. The van der Waals surface area contributed by atoms with E-state index in [1.165, 1.54) is 0 Å². The Hall–Kier alpha value is -3.18. The molecule has 5 heteroatoms. The number of aromatic nitrogens is 1. The molecule has 1 aromatic carbocycles. The largest absolute Gasteiger partial charge is 0.485 e. The van der Waals surface area contributed by atoms with Crippen molar-refractivity contribution in [3.63, 3.8) is 0 Å². The number of ether oxygens (including phenoxy) is 1. The molecule has 1 saturated carbocycles. The Morgan fingerprint density at radius 3 is 2.37 bits per heavy atom. The number of nitriles is 2. The molecule has 0 N–H and O–H groups in total. The Labute approximate surface area is 177 Å². The number of pyridine rings is 1. The minimum atomic E-state index is -0.818. The summed E-state index contributed by atoms with van der Waals surface area (Å²) in [5.41, 5.74) is 1.04. The molecule has 0 amide bonds. The van der Waals surface area contributed by atoms with E-state index in [9.17, 15) is 15.3 Å². The Morgan fingerprint density at radius 1 is 1.00 bits per heavy atom. The lowest BCUT2D eigenvalue weighted by molar-refractivity contribution is -0.0844. The van der Waals surface area contributed by atoms with E-state index < -0.39 is 11.0 Å². The normalized spacial score (nSPS) is 18.7. The molecule has 2 heterocycles. The van der Waals surface area contributed by atoms with Crippen LogP contribution >= 0.6 is 0 Å². The molecule has 5 nitrogen and oxygen atoms in total. The van der Waals surface area contributed by atoms with Crippen LogP contribution in [0.15, 0.2) is 42.7 Å². The van der Waals surface area contributed by atoms with Gasteiger partial charge in [0, 0.05) is 30.8 Å². The smallest absolute Gasteiger partial charge is 0.176 e. The molecule has 0 unspecified atom stereocenters. The highest BCUT2D eigenvalue weighted by Crippen LogP contribution is 2.56. The van der Waals surface area contributed by atoms with Gasteiger partial charge in [0.15, 0.2) is 5.78 Å². The fourth-order valence-electron chi connectivity index (χ4n) is 5.33. The summed E-state index contributed by atoms with van der Waals surface area (Å²) in [4.78, 5) is 18.2. The summed E-state index contributed by atoms with van der Waals surface area (Å²) in [6.07, 6.45) is 9.65. The minimum Gasteiger partial charge on any atom is -0.485 e. The molecule has 0 saturated heterocycles. The van der Waals surface area contributed by atoms with Gasteiger partial charge < -0.3 is 4.74 Å². The first-order chi connectivity index (χ1) is 14.7. The van der Waals surface area contributed by atoms with Crippen molar-refractivity contribution in [1.29, 1.82) is 10.5 Å². The number of hydrogen-bond acceptors (Lipinski definition) is 5. The third-order valence-electron chi connectivity index (χ3n) is 6.82. The molecule has 0 atom stereocenters. The van der Waals surface area contributed by atoms with Crippen molar-refractivity contribution in [2.24, 2.45) is 5.41 Å². The molecule has 2 aliphatic rings. The molecule has 1 fully saturated rings. The summed E-state index contributed by atoms with van der Waals surface area (Å²) in [5.74, 6) is 0.654. The van der Waals surface area contributed by atoms with Gasteiger partial charge in [0.25, 0.3) is 0 Å². The van der Waals surface area contributed by atoms with Gasteiger partial charge in [-0.3, -0.25) is 9.78 Å². The van der Waals surface area contributed by atoms with E-state index in [2.05, 4.69) is 17.1 Å². The number of nitrogens with zero attached hydrogens (tertiary/aromatic N) is 3. The van der Waals surface area contributed by atoms with Crippen molar-refractivity contribution >= 4 is 5.78 Å². The third kappa shape index (κ3) is 3.25. The van der Waals surface area contributed by atoms with Crippen LogP contribution in [0.3, 0.4) is 0 Å². The standard InChI is InChI=1S/C25H25N3O2/c26-14-5-10-24(11-6-15-27)23(29)21-9-8-19(20-7-4-16-28-18-20)17-22(21)30-25(24)12-2-1-3-13-25/h4,7-9,16-18H,1-3,5-6,10-13H2. The van der Waals surface area contributed by atoms with Crippen molar-refractivity contribution < 1.29 is 9.53 Å². The summed E-state index contributed by atoms with van der Waals surface area (Å²) in [6.45, 7) is 0. The van der Waals surface area contributed by atoms with Crippen molar-refractivity contribution in [3.05, 3.63) is 48.3 Å². The molecule has 1 aliphatic carbocycles. The Balaban J connectivity index is 1.84. The van der Waals surface area contributed by atoms with Gasteiger partial charge in [-0.25, -0.2) is 0 Å². The van der Waals surface area contributed by atoms with Gasteiger partial charge in [-0.15, -0.1) is 0 Å². The number of hydrogen-bond donors (Lipinski definition) is 0. The number of fused-ring (bicyclic) bond motifs is 1. The van der Waals surface area contributed by atoms with Crippen LogP contribution in [0.1, 0.15) is 68.1 Å². The maximum Gasteiger partial charge on any atom is 0.176 e. The zero-order valence-electron chi connectivity index (χ0n) is 17.1. The second-order valence-corrected chi connectivity index (χ2v) is 8.34. The Bertz CT molecular complexity index is 993. The first kappa shape index (κ1) is 20.1. The number of ketones is 1. The Morgan fingerprint density at radius 2 is 1.73 bits per heavy atom. The van der Waals surface area contributed by atoms with Gasteiger partial charge in [0.1, 0.15) is 11.4 Å². The molecule has 0 radical (unpaired) electrons. The second kappa shape index (κ2) is 8.28. The highest BCUT2D eigenvalue weighted by molar-refractivity contribution is 6.05. The van der Waals surface area contributed by atoms with Gasteiger partial charge in [0.05, 0.1) is 23.1 Å². The van der Waals surface area contributed by atoms with E-state index in [1.54, 1.807) is 12.4 Å². The number of carbonyl (C=O) groups excluding carboxylic acids is 1. The van der Waals surface area contributed by atoms with Crippen molar-refractivity contribution in [2.45, 2.75) is 63.4 Å². The number of benzene rings is 1. The lowest BCUT2D eigenvalue weighted by atomic mass is 9.56. The highest BCUT2D eigenvalue weighted by atomic mass is 16.5.